The van der Waals surface area contributed by atoms with E-state index in [1.54, 1.807) is 12.4 Å². The topological polar surface area (TPSA) is 73.7 Å². The van der Waals surface area contributed by atoms with Gasteiger partial charge in [0.1, 0.15) is 6.61 Å². The van der Waals surface area contributed by atoms with Gasteiger partial charge in [0.05, 0.1) is 37.5 Å². The van der Waals surface area contributed by atoms with E-state index in [1.165, 1.54) is 0 Å². The first-order chi connectivity index (χ1) is 8.33. The molecular weight excluding hydrogens is 292 g/mol. The molecule has 0 aliphatic carbocycles. The maximum absolute atomic E-state index is 8.45. The molecule has 0 radical (unpaired) electrons. The Hall–Kier alpha value is -0.760. The summed E-state index contributed by atoms with van der Waals surface area (Å²) >= 11 is 3.23. The van der Waals surface area contributed by atoms with Gasteiger partial charge < -0.3 is 19.3 Å². The minimum atomic E-state index is 0.0318. The molecule has 1 aromatic heterocycles. The maximum atomic E-state index is 8.45. The Morgan fingerprint density at radius 2 is 1.59 bits per heavy atom. The second-order valence-electron chi connectivity index (χ2n) is 2.98. The first-order valence-electron chi connectivity index (χ1n) is 5.19. The third-order valence-corrected chi connectivity index (χ3v) is 2.07. The third kappa shape index (κ3) is 7.22. The smallest absolute Gasteiger partial charge is 0.316 e. The van der Waals surface area contributed by atoms with Crippen LogP contribution in [0.25, 0.3) is 0 Å². The molecule has 96 valence electrons. The summed E-state index contributed by atoms with van der Waals surface area (Å²) < 4.78 is 16.3. The molecule has 17 heavy (non-hydrogen) atoms. The lowest BCUT2D eigenvalue weighted by Crippen LogP contribution is -2.12. The molecule has 0 saturated heterocycles. The Balaban J connectivity index is 1.95. The van der Waals surface area contributed by atoms with Gasteiger partial charge in [-0.05, 0) is 15.9 Å². The molecule has 1 heterocycles. The number of hydrogen-bond donors (Lipinski definition) is 1. The van der Waals surface area contributed by atoms with E-state index in [0.29, 0.717) is 39.0 Å². The standard InChI is InChI=1S/C10H15BrN2O4/c11-9-7-12-10(13-8-9)17-6-5-16-4-3-15-2-1-14/h7-8,14H,1-6H2. The van der Waals surface area contributed by atoms with Gasteiger partial charge in [-0.3, -0.25) is 0 Å². The molecule has 1 rings (SSSR count). The van der Waals surface area contributed by atoms with E-state index in [-0.39, 0.29) is 6.61 Å². The van der Waals surface area contributed by atoms with Crippen LogP contribution in [0, 0.1) is 0 Å². The molecule has 7 heteroatoms. The van der Waals surface area contributed by atoms with Crippen LogP contribution in [0.3, 0.4) is 0 Å². The molecule has 0 unspecified atom stereocenters. The van der Waals surface area contributed by atoms with Crippen LogP contribution in [-0.4, -0.2) is 54.7 Å². The van der Waals surface area contributed by atoms with Gasteiger partial charge in [0.2, 0.25) is 0 Å². The molecule has 0 atom stereocenters. The van der Waals surface area contributed by atoms with E-state index in [9.17, 15) is 0 Å². The number of ether oxygens (including phenoxy) is 3. The number of halogens is 1. The SMILES string of the molecule is OCCOCCOCCOc1ncc(Br)cn1. The van der Waals surface area contributed by atoms with Crippen molar-refractivity contribution in [2.24, 2.45) is 0 Å². The second-order valence-corrected chi connectivity index (χ2v) is 3.90. The van der Waals surface area contributed by atoms with Crippen molar-refractivity contribution in [3.05, 3.63) is 16.9 Å². The second kappa shape index (κ2) is 9.29. The average molecular weight is 307 g/mol. The highest BCUT2D eigenvalue weighted by molar-refractivity contribution is 9.10. The zero-order valence-corrected chi connectivity index (χ0v) is 10.9. The van der Waals surface area contributed by atoms with Crippen LogP contribution in [0.1, 0.15) is 0 Å². The zero-order valence-electron chi connectivity index (χ0n) is 9.34. The van der Waals surface area contributed by atoms with Crippen LogP contribution >= 0.6 is 15.9 Å². The summed E-state index contributed by atoms with van der Waals surface area (Å²) in [5.41, 5.74) is 0. The number of aliphatic hydroxyl groups excluding tert-OH is 1. The highest BCUT2D eigenvalue weighted by Gasteiger charge is 1.96. The van der Waals surface area contributed by atoms with Crippen LogP contribution in [-0.2, 0) is 9.47 Å². The van der Waals surface area contributed by atoms with E-state index in [2.05, 4.69) is 25.9 Å². The lowest BCUT2D eigenvalue weighted by Gasteiger charge is -2.05. The lowest BCUT2D eigenvalue weighted by molar-refractivity contribution is 0.0239. The van der Waals surface area contributed by atoms with Gasteiger partial charge in [-0.1, -0.05) is 0 Å². The fraction of sp³-hybridized carbons (Fsp3) is 0.600. The maximum Gasteiger partial charge on any atom is 0.316 e. The van der Waals surface area contributed by atoms with Crippen molar-refractivity contribution in [3.63, 3.8) is 0 Å². The van der Waals surface area contributed by atoms with E-state index < -0.39 is 0 Å². The van der Waals surface area contributed by atoms with E-state index >= 15 is 0 Å². The van der Waals surface area contributed by atoms with Crippen LogP contribution in [0.4, 0.5) is 0 Å². The molecule has 0 aliphatic rings. The summed E-state index contributed by atoms with van der Waals surface area (Å²) in [5.74, 6) is 0. The van der Waals surface area contributed by atoms with Crippen molar-refractivity contribution >= 4 is 15.9 Å². The lowest BCUT2D eigenvalue weighted by atomic mass is 10.7. The van der Waals surface area contributed by atoms with Gasteiger partial charge in [-0.2, -0.15) is 0 Å². The van der Waals surface area contributed by atoms with E-state index in [1.807, 2.05) is 0 Å². The summed E-state index contributed by atoms with van der Waals surface area (Å²) in [6.45, 7) is 2.15. The van der Waals surface area contributed by atoms with Crippen molar-refractivity contribution < 1.29 is 19.3 Å². The number of nitrogens with zero attached hydrogens (tertiary/aromatic N) is 2. The number of hydrogen-bond acceptors (Lipinski definition) is 6. The average Bonchev–Trinajstić information content (AvgIpc) is 2.35. The van der Waals surface area contributed by atoms with Crippen molar-refractivity contribution in [1.29, 1.82) is 0 Å². The van der Waals surface area contributed by atoms with E-state index in [4.69, 9.17) is 19.3 Å². The first-order valence-corrected chi connectivity index (χ1v) is 5.99. The molecule has 0 fully saturated rings. The summed E-state index contributed by atoms with van der Waals surface area (Å²) in [6, 6.07) is 0.327. The predicted octanol–water partition coefficient (Wildman–Crippen LogP) is 0.643. The minimum absolute atomic E-state index is 0.0318. The quantitative estimate of drug-likeness (QED) is 0.675. The summed E-state index contributed by atoms with van der Waals surface area (Å²) in [4.78, 5) is 7.90. The zero-order chi connectivity index (χ0) is 12.3. The van der Waals surface area contributed by atoms with Crippen molar-refractivity contribution in [2.45, 2.75) is 0 Å². The Morgan fingerprint density at radius 3 is 2.24 bits per heavy atom. The molecule has 0 amide bonds. The van der Waals surface area contributed by atoms with Crippen molar-refractivity contribution in [1.82, 2.24) is 9.97 Å². The van der Waals surface area contributed by atoms with Gasteiger partial charge in [-0.15, -0.1) is 0 Å². The van der Waals surface area contributed by atoms with Crippen LogP contribution in [0.2, 0.25) is 0 Å². The Morgan fingerprint density at radius 1 is 1.00 bits per heavy atom. The van der Waals surface area contributed by atoms with Crippen LogP contribution < -0.4 is 4.74 Å². The largest absolute Gasteiger partial charge is 0.461 e. The molecule has 1 aromatic rings. The summed E-state index contributed by atoms with van der Waals surface area (Å²) in [5, 5.41) is 8.45. The molecule has 0 aromatic carbocycles. The molecular formula is C10H15BrN2O4. The summed E-state index contributed by atoms with van der Waals surface area (Å²) in [6.07, 6.45) is 3.23. The van der Waals surface area contributed by atoms with Crippen LogP contribution in [0.5, 0.6) is 6.01 Å². The van der Waals surface area contributed by atoms with Crippen LogP contribution in [0.15, 0.2) is 16.9 Å². The normalized spacial score (nSPS) is 10.5. The Labute approximate surface area is 108 Å². The predicted molar refractivity (Wildman–Crippen MR) is 64.0 cm³/mol. The van der Waals surface area contributed by atoms with Gasteiger partial charge in [0.25, 0.3) is 0 Å². The number of aliphatic hydroxyl groups is 1. The van der Waals surface area contributed by atoms with Crippen molar-refractivity contribution in [2.75, 3.05) is 39.6 Å². The monoisotopic (exact) mass is 306 g/mol. The molecule has 6 nitrogen and oxygen atoms in total. The molecule has 0 saturated carbocycles. The van der Waals surface area contributed by atoms with Gasteiger partial charge >= 0.3 is 6.01 Å². The number of rotatable bonds is 9. The van der Waals surface area contributed by atoms with Crippen molar-refractivity contribution in [3.8, 4) is 6.01 Å². The van der Waals surface area contributed by atoms with Gasteiger partial charge in [0.15, 0.2) is 0 Å². The molecule has 0 spiro atoms. The molecule has 1 N–H and O–H groups in total. The minimum Gasteiger partial charge on any atom is -0.461 e. The Kier molecular flexibility index (Phi) is 7.81. The van der Waals surface area contributed by atoms with Gasteiger partial charge in [-0.25, -0.2) is 9.97 Å². The highest BCUT2D eigenvalue weighted by atomic mass is 79.9. The fourth-order valence-electron chi connectivity index (χ4n) is 0.953. The molecule has 0 aliphatic heterocycles. The first kappa shape index (κ1) is 14.3. The Bertz CT molecular complexity index is 297. The third-order valence-electron chi connectivity index (χ3n) is 1.66. The molecule has 0 bridgehead atoms. The number of aromatic nitrogens is 2. The highest BCUT2D eigenvalue weighted by Crippen LogP contribution is 2.07. The van der Waals surface area contributed by atoms with E-state index in [0.717, 1.165) is 4.47 Å². The summed E-state index contributed by atoms with van der Waals surface area (Å²) in [7, 11) is 0. The fourth-order valence-corrected chi connectivity index (χ4v) is 1.16. The van der Waals surface area contributed by atoms with Gasteiger partial charge in [0, 0.05) is 12.4 Å².